The Balaban J connectivity index is 1.56. The van der Waals surface area contributed by atoms with Crippen molar-refractivity contribution in [1.29, 1.82) is 0 Å². The van der Waals surface area contributed by atoms with Crippen LogP contribution < -0.4 is 0 Å². The van der Waals surface area contributed by atoms with Gasteiger partial charge in [-0.3, -0.25) is 0 Å². The number of aliphatic hydroxyl groups excluding tert-OH is 1. The molecule has 3 rings (SSSR count). The van der Waals surface area contributed by atoms with E-state index in [2.05, 4.69) is 0 Å². The maximum atomic E-state index is 10.4. The van der Waals surface area contributed by atoms with Crippen LogP contribution in [0.15, 0.2) is 23.0 Å². The highest BCUT2D eigenvalue weighted by Crippen LogP contribution is 2.43. The van der Waals surface area contributed by atoms with E-state index >= 15 is 0 Å². The van der Waals surface area contributed by atoms with E-state index in [1.54, 1.807) is 12.5 Å². The first kappa shape index (κ1) is 12.3. The van der Waals surface area contributed by atoms with Gasteiger partial charge in [0.25, 0.3) is 0 Å². The van der Waals surface area contributed by atoms with E-state index in [1.165, 1.54) is 44.9 Å². The Morgan fingerprint density at radius 1 is 1.17 bits per heavy atom. The first-order valence-corrected chi connectivity index (χ1v) is 7.52. The van der Waals surface area contributed by atoms with E-state index in [4.69, 9.17) is 4.42 Å². The van der Waals surface area contributed by atoms with Gasteiger partial charge in [-0.25, -0.2) is 0 Å². The third kappa shape index (κ3) is 2.64. The minimum absolute atomic E-state index is 0.175. The first-order chi connectivity index (χ1) is 8.83. The Labute approximate surface area is 109 Å². The lowest BCUT2D eigenvalue weighted by Crippen LogP contribution is -2.34. The third-order valence-corrected chi connectivity index (χ3v) is 5.15. The molecule has 0 bridgehead atoms. The van der Waals surface area contributed by atoms with Crippen molar-refractivity contribution in [3.05, 3.63) is 24.2 Å². The first-order valence-electron chi connectivity index (χ1n) is 7.52. The maximum absolute atomic E-state index is 10.4. The number of aliphatic hydroxyl groups is 1. The normalized spacial score (nSPS) is 33.9. The molecule has 2 heteroatoms. The second-order valence-corrected chi connectivity index (χ2v) is 6.28. The van der Waals surface area contributed by atoms with Gasteiger partial charge in [0.1, 0.15) is 0 Å². The number of hydrogen-bond acceptors (Lipinski definition) is 2. The van der Waals surface area contributed by atoms with Crippen molar-refractivity contribution in [3.63, 3.8) is 0 Å². The molecule has 0 aliphatic heterocycles. The van der Waals surface area contributed by atoms with Gasteiger partial charge in [-0.1, -0.05) is 25.7 Å². The fraction of sp³-hybridized carbons (Fsp3) is 0.750. The molecule has 0 spiro atoms. The summed E-state index contributed by atoms with van der Waals surface area (Å²) < 4.78 is 5.08. The molecule has 2 saturated carbocycles. The van der Waals surface area contributed by atoms with Gasteiger partial charge < -0.3 is 9.52 Å². The number of fused-ring (bicyclic) bond motifs is 1. The van der Waals surface area contributed by atoms with Gasteiger partial charge in [0.15, 0.2) is 0 Å². The van der Waals surface area contributed by atoms with E-state index in [-0.39, 0.29) is 6.10 Å². The lowest BCUT2D eigenvalue weighted by atomic mass is 9.66. The monoisotopic (exact) mass is 248 g/mol. The highest BCUT2D eigenvalue weighted by Gasteiger charge is 2.34. The lowest BCUT2D eigenvalue weighted by Gasteiger charge is -2.40. The molecule has 0 amide bonds. The molecule has 2 aliphatic carbocycles. The van der Waals surface area contributed by atoms with Gasteiger partial charge in [0.05, 0.1) is 18.6 Å². The quantitative estimate of drug-likeness (QED) is 0.883. The zero-order chi connectivity index (χ0) is 12.4. The molecule has 2 aliphatic rings. The lowest BCUT2D eigenvalue weighted by molar-refractivity contribution is 0.0360. The van der Waals surface area contributed by atoms with Crippen molar-refractivity contribution >= 4 is 0 Å². The summed E-state index contributed by atoms with van der Waals surface area (Å²) in [6, 6.07) is 1.97. The zero-order valence-corrected chi connectivity index (χ0v) is 11.1. The van der Waals surface area contributed by atoms with Crippen LogP contribution in [0.25, 0.3) is 0 Å². The van der Waals surface area contributed by atoms with E-state index < -0.39 is 0 Å². The molecule has 100 valence electrons. The Morgan fingerprint density at radius 3 is 2.78 bits per heavy atom. The van der Waals surface area contributed by atoms with Crippen LogP contribution in [-0.2, 0) is 6.42 Å². The molecule has 4 unspecified atom stereocenters. The standard InChI is InChI=1S/C16H24O2/c17-16(9-12-7-8-18-11-12)15-6-5-13-3-1-2-4-14(13)10-15/h7-8,11,13-17H,1-6,9-10H2. The molecular formula is C16H24O2. The molecule has 1 N–H and O–H groups in total. The Kier molecular flexibility index (Phi) is 3.74. The number of hydrogen-bond donors (Lipinski definition) is 1. The summed E-state index contributed by atoms with van der Waals surface area (Å²) in [4.78, 5) is 0. The van der Waals surface area contributed by atoms with Crippen LogP contribution in [0.2, 0.25) is 0 Å². The van der Waals surface area contributed by atoms with Crippen LogP contribution in [-0.4, -0.2) is 11.2 Å². The minimum Gasteiger partial charge on any atom is -0.472 e. The summed E-state index contributed by atoms with van der Waals surface area (Å²) in [5.41, 5.74) is 1.13. The predicted octanol–water partition coefficient (Wildman–Crippen LogP) is 3.79. The molecule has 0 saturated heterocycles. The molecule has 2 nitrogen and oxygen atoms in total. The van der Waals surface area contributed by atoms with Crippen LogP contribution in [0.5, 0.6) is 0 Å². The van der Waals surface area contributed by atoms with Gasteiger partial charge in [-0.2, -0.15) is 0 Å². The van der Waals surface area contributed by atoms with Gasteiger partial charge in [-0.05, 0) is 48.6 Å². The molecule has 4 atom stereocenters. The molecular weight excluding hydrogens is 224 g/mol. The Bertz CT molecular complexity index is 357. The summed E-state index contributed by atoms with van der Waals surface area (Å²) in [5, 5.41) is 10.4. The molecule has 18 heavy (non-hydrogen) atoms. The smallest absolute Gasteiger partial charge is 0.0935 e. The van der Waals surface area contributed by atoms with Crippen LogP contribution in [0.4, 0.5) is 0 Å². The van der Waals surface area contributed by atoms with Crippen LogP contribution in [0.1, 0.15) is 50.5 Å². The molecule has 1 aromatic rings. The van der Waals surface area contributed by atoms with Crippen LogP contribution >= 0.6 is 0 Å². The molecule has 0 aromatic carbocycles. The van der Waals surface area contributed by atoms with Crippen molar-refractivity contribution in [3.8, 4) is 0 Å². The predicted molar refractivity (Wildman–Crippen MR) is 71.2 cm³/mol. The van der Waals surface area contributed by atoms with Crippen LogP contribution in [0.3, 0.4) is 0 Å². The van der Waals surface area contributed by atoms with E-state index in [1.807, 2.05) is 6.07 Å². The van der Waals surface area contributed by atoms with Crippen molar-refractivity contribution in [2.24, 2.45) is 17.8 Å². The molecule has 1 heterocycles. The highest BCUT2D eigenvalue weighted by atomic mass is 16.3. The second-order valence-electron chi connectivity index (χ2n) is 6.28. The number of furan rings is 1. The summed E-state index contributed by atoms with van der Waals surface area (Å²) >= 11 is 0. The van der Waals surface area contributed by atoms with Crippen LogP contribution in [0, 0.1) is 17.8 Å². The SMILES string of the molecule is OC(Cc1ccoc1)C1CCC2CCCCC2C1. The topological polar surface area (TPSA) is 33.4 Å². The zero-order valence-electron chi connectivity index (χ0n) is 11.1. The number of rotatable bonds is 3. The average Bonchev–Trinajstić information content (AvgIpc) is 2.91. The van der Waals surface area contributed by atoms with Crippen molar-refractivity contribution in [2.75, 3.05) is 0 Å². The Hall–Kier alpha value is -0.760. The van der Waals surface area contributed by atoms with E-state index in [9.17, 15) is 5.11 Å². The van der Waals surface area contributed by atoms with Crippen molar-refractivity contribution < 1.29 is 9.52 Å². The summed E-state index contributed by atoms with van der Waals surface area (Å²) in [6.07, 6.45) is 13.5. The van der Waals surface area contributed by atoms with E-state index in [0.717, 1.165) is 23.8 Å². The van der Waals surface area contributed by atoms with Gasteiger partial charge >= 0.3 is 0 Å². The molecule has 0 radical (unpaired) electrons. The largest absolute Gasteiger partial charge is 0.472 e. The summed E-state index contributed by atoms with van der Waals surface area (Å²) in [7, 11) is 0. The average molecular weight is 248 g/mol. The van der Waals surface area contributed by atoms with Gasteiger partial charge in [0, 0.05) is 6.42 Å². The van der Waals surface area contributed by atoms with Crippen molar-refractivity contribution in [1.82, 2.24) is 0 Å². The molecule has 1 aromatic heterocycles. The second kappa shape index (κ2) is 5.48. The fourth-order valence-corrected chi connectivity index (χ4v) is 4.08. The third-order valence-electron chi connectivity index (χ3n) is 5.15. The van der Waals surface area contributed by atoms with Gasteiger partial charge in [-0.15, -0.1) is 0 Å². The summed E-state index contributed by atoms with van der Waals surface area (Å²) in [6.45, 7) is 0. The van der Waals surface area contributed by atoms with Crippen molar-refractivity contribution in [2.45, 2.75) is 57.5 Å². The maximum Gasteiger partial charge on any atom is 0.0935 e. The fourth-order valence-electron chi connectivity index (χ4n) is 4.08. The summed E-state index contributed by atoms with van der Waals surface area (Å²) in [5.74, 6) is 2.38. The highest BCUT2D eigenvalue weighted by molar-refractivity contribution is 5.07. The van der Waals surface area contributed by atoms with Gasteiger partial charge in [0.2, 0.25) is 0 Å². The Morgan fingerprint density at radius 2 is 2.00 bits per heavy atom. The van der Waals surface area contributed by atoms with E-state index in [0.29, 0.717) is 5.92 Å². The minimum atomic E-state index is -0.175. The molecule has 2 fully saturated rings.